The van der Waals surface area contributed by atoms with Gasteiger partial charge < -0.3 is 15.2 Å². The standard InChI is InChI=1S/C24H30N4O2/c29-23(17-28-12-10-20-5-1-2-7-22(20)16-28)18-30-24-8-4-3-6-21(24)15-25-11-9-19-13-26-27-14-19/h1-8,13-14,23,25,29H,9-12,15-18H2,(H,26,27). The summed E-state index contributed by atoms with van der Waals surface area (Å²) in [5.41, 5.74) is 5.08. The van der Waals surface area contributed by atoms with Crippen LogP contribution in [-0.2, 0) is 25.9 Å². The summed E-state index contributed by atoms with van der Waals surface area (Å²) in [6.45, 7) is 4.39. The Bertz CT molecular complexity index is 913. The number of aliphatic hydroxyl groups is 1. The first-order valence-electron chi connectivity index (χ1n) is 10.6. The second-order valence-electron chi connectivity index (χ2n) is 7.86. The maximum atomic E-state index is 10.5. The normalized spacial score (nSPS) is 15.0. The molecule has 6 nitrogen and oxygen atoms in total. The number of aliphatic hydroxyl groups excluding tert-OH is 1. The van der Waals surface area contributed by atoms with E-state index in [-0.39, 0.29) is 0 Å². The van der Waals surface area contributed by atoms with Crippen molar-refractivity contribution in [3.63, 3.8) is 0 Å². The topological polar surface area (TPSA) is 73.4 Å². The quantitative estimate of drug-likeness (QED) is 0.451. The third-order valence-corrected chi connectivity index (χ3v) is 5.54. The van der Waals surface area contributed by atoms with Crippen molar-refractivity contribution in [1.82, 2.24) is 20.4 Å². The van der Waals surface area contributed by atoms with Gasteiger partial charge in [-0.05, 0) is 42.1 Å². The molecule has 3 N–H and O–H groups in total. The van der Waals surface area contributed by atoms with Gasteiger partial charge in [-0.15, -0.1) is 0 Å². The van der Waals surface area contributed by atoms with Crippen molar-refractivity contribution in [2.75, 3.05) is 26.2 Å². The van der Waals surface area contributed by atoms with Crippen molar-refractivity contribution in [3.05, 3.63) is 83.2 Å². The number of fused-ring (bicyclic) bond motifs is 1. The van der Waals surface area contributed by atoms with Gasteiger partial charge in [0, 0.05) is 37.9 Å². The van der Waals surface area contributed by atoms with Crippen LogP contribution in [0.5, 0.6) is 5.75 Å². The van der Waals surface area contributed by atoms with E-state index in [0.29, 0.717) is 13.2 Å². The van der Waals surface area contributed by atoms with Crippen LogP contribution in [0.4, 0.5) is 0 Å². The van der Waals surface area contributed by atoms with Crippen molar-refractivity contribution >= 4 is 0 Å². The van der Waals surface area contributed by atoms with E-state index in [9.17, 15) is 5.11 Å². The predicted molar refractivity (Wildman–Crippen MR) is 117 cm³/mol. The van der Waals surface area contributed by atoms with E-state index in [1.165, 1.54) is 16.7 Å². The van der Waals surface area contributed by atoms with Crippen LogP contribution in [0.1, 0.15) is 22.3 Å². The Kier molecular flexibility index (Phi) is 7.13. The molecule has 3 aromatic rings. The molecule has 0 fully saturated rings. The number of aromatic amines is 1. The molecule has 0 saturated carbocycles. The van der Waals surface area contributed by atoms with E-state index in [4.69, 9.17) is 4.74 Å². The highest BCUT2D eigenvalue weighted by Crippen LogP contribution is 2.20. The molecule has 1 atom stereocenters. The third kappa shape index (κ3) is 5.69. The molecule has 0 amide bonds. The van der Waals surface area contributed by atoms with E-state index in [0.717, 1.165) is 50.3 Å². The summed E-state index contributed by atoms with van der Waals surface area (Å²) in [5.74, 6) is 0.830. The number of para-hydroxylation sites is 1. The lowest BCUT2D eigenvalue weighted by atomic mass is 10.00. The fourth-order valence-electron chi connectivity index (χ4n) is 3.91. The molecule has 0 spiro atoms. The molecule has 1 unspecified atom stereocenters. The molecule has 0 radical (unpaired) electrons. The van der Waals surface area contributed by atoms with E-state index in [1.54, 1.807) is 0 Å². The van der Waals surface area contributed by atoms with Gasteiger partial charge in [-0.1, -0.05) is 42.5 Å². The van der Waals surface area contributed by atoms with Gasteiger partial charge in [0.05, 0.1) is 6.20 Å². The molecule has 1 aliphatic heterocycles. The van der Waals surface area contributed by atoms with Gasteiger partial charge in [0.25, 0.3) is 0 Å². The number of hydrogen-bond donors (Lipinski definition) is 3. The lowest BCUT2D eigenvalue weighted by Gasteiger charge is -2.30. The molecule has 158 valence electrons. The number of benzene rings is 2. The lowest BCUT2D eigenvalue weighted by Crippen LogP contribution is -2.38. The fourth-order valence-corrected chi connectivity index (χ4v) is 3.91. The summed E-state index contributed by atoms with van der Waals surface area (Å²) in [7, 11) is 0. The SMILES string of the molecule is OC(COc1ccccc1CNCCc1cn[nH]c1)CN1CCc2ccccc2C1. The van der Waals surface area contributed by atoms with E-state index in [2.05, 4.69) is 50.7 Å². The average molecular weight is 407 g/mol. The van der Waals surface area contributed by atoms with Gasteiger partial charge in [0.15, 0.2) is 0 Å². The number of hydrogen-bond acceptors (Lipinski definition) is 5. The minimum atomic E-state index is -0.516. The first kappa shape index (κ1) is 20.6. The molecule has 30 heavy (non-hydrogen) atoms. The average Bonchev–Trinajstić information content (AvgIpc) is 3.29. The minimum absolute atomic E-state index is 0.296. The van der Waals surface area contributed by atoms with Crippen LogP contribution in [0.3, 0.4) is 0 Å². The zero-order valence-electron chi connectivity index (χ0n) is 17.3. The second-order valence-corrected chi connectivity index (χ2v) is 7.86. The number of nitrogens with zero attached hydrogens (tertiary/aromatic N) is 2. The number of ether oxygens (including phenoxy) is 1. The molecular weight excluding hydrogens is 376 g/mol. The van der Waals surface area contributed by atoms with Gasteiger partial charge in [-0.3, -0.25) is 10.00 Å². The zero-order chi connectivity index (χ0) is 20.6. The smallest absolute Gasteiger partial charge is 0.123 e. The Morgan fingerprint density at radius 3 is 2.83 bits per heavy atom. The summed E-state index contributed by atoms with van der Waals surface area (Å²) in [4.78, 5) is 2.31. The van der Waals surface area contributed by atoms with Crippen molar-refractivity contribution < 1.29 is 9.84 Å². The maximum Gasteiger partial charge on any atom is 0.123 e. The fraction of sp³-hybridized carbons (Fsp3) is 0.375. The van der Waals surface area contributed by atoms with Crippen molar-refractivity contribution in [2.45, 2.75) is 32.0 Å². The third-order valence-electron chi connectivity index (χ3n) is 5.54. The highest BCUT2D eigenvalue weighted by Gasteiger charge is 2.19. The van der Waals surface area contributed by atoms with Crippen LogP contribution >= 0.6 is 0 Å². The van der Waals surface area contributed by atoms with Crippen LogP contribution in [0, 0.1) is 0 Å². The van der Waals surface area contributed by atoms with Gasteiger partial charge in [0.2, 0.25) is 0 Å². The van der Waals surface area contributed by atoms with Crippen LogP contribution < -0.4 is 10.1 Å². The Hall–Kier alpha value is -2.67. The van der Waals surface area contributed by atoms with Gasteiger partial charge in [0.1, 0.15) is 18.5 Å². The second kappa shape index (κ2) is 10.4. The molecule has 0 saturated heterocycles. The lowest BCUT2D eigenvalue weighted by molar-refractivity contribution is 0.0634. The molecule has 0 bridgehead atoms. The van der Waals surface area contributed by atoms with Gasteiger partial charge in [-0.25, -0.2) is 0 Å². The van der Waals surface area contributed by atoms with E-state index in [1.807, 2.05) is 30.6 Å². The summed E-state index contributed by atoms with van der Waals surface area (Å²) in [6, 6.07) is 16.6. The Morgan fingerprint density at radius 1 is 1.13 bits per heavy atom. The van der Waals surface area contributed by atoms with Crippen LogP contribution in [0.15, 0.2) is 60.9 Å². The first-order chi connectivity index (χ1) is 14.8. The van der Waals surface area contributed by atoms with Crippen LogP contribution in [-0.4, -0.2) is 52.5 Å². The molecule has 4 rings (SSSR count). The first-order valence-corrected chi connectivity index (χ1v) is 10.6. The van der Waals surface area contributed by atoms with Crippen LogP contribution in [0.25, 0.3) is 0 Å². The molecular formula is C24H30N4O2. The van der Waals surface area contributed by atoms with E-state index < -0.39 is 6.10 Å². The summed E-state index contributed by atoms with van der Waals surface area (Å²) in [6.07, 6.45) is 5.22. The maximum absolute atomic E-state index is 10.5. The molecule has 6 heteroatoms. The number of aromatic nitrogens is 2. The van der Waals surface area contributed by atoms with Crippen LogP contribution in [0.2, 0.25) is 0 Å². The predicted octanol–water partition coefficient (Wildman–Crippen LogP) is 2.54. The highest BCUT2D eigenvalue weighted by molar-refractivity contribution is 5.33. The van der Waals surface area contributed by atoms with E-state index >= 15 is 0 Å². The molecule has 2 heterocycles. The minimum Gasteiger partial charge on any atom is -0.491 e. The Morgan fingerprint density at radius 2 is 1.97 bits per heavy atom. The molecule has 2 aromatic carbocycles. The Balaban J connectivity index is 1.22. The van der Waals surface area contributed by atoms with Gasteiger partial charge in [-0.2, -0.15) is 5.10 Å². The number of nitrogens with one attached hydrogen (secondary N) is 2. The summed E-state index contributed by atoms with van der Waals surface area (Å²) in [5, 5.41) is 20.8. The monoisotopic (exact) mass is 406 g/mol. The summed E-state index contributed by atoms with van der Waals surface area (Å²) < 4.78 is 5.98. The molecule has 1 aromatic heterocycles. The number of β-amino-alcohol motifs (C(OH)–C–C–N with tert-alkyl or cyclic N) is 1. The number of rotatable bonds is 10. The summed E-state index contributed by atoms with van der Waals surface area (Å²) >= 11 is 0. The van der Waals surface area contributed by atoms with Crippen molar-refractivity contribution in [2.24, 2.45) is 0 Å². The molecule has 0 aliphatic carbocycles. The largest absolute Gasteiger partial charge is 0.491 e. The van der Waals surface area contributed by atoms with Gasteiger partial charge >= 0.3 is 0 Å². The highest BCUT2D eigenvalue weighted by atomic mass is 16.5. The Labute approximate surface area is 177 Å². The zero-order valence-corrected chi connectivity index (χ0v) is 17.3. The molecule has 1 aliphatic rings. The number of H-pyrrole nitrogens is 1. The van der Waals surface area contributed by atoms with Crippen molar-refractivity contribution in [1.29, 1.82) is 0 Å². The van der Waals surface area contributed by atoms with Crippen molar-refractivity contribution in [3.8, 4) is 5.75 Å².